The molecule has 0 aliphatic carbocycles. The Balaban J connectivity index is 2.14. The molecule has 0 saturated carbocycles. The number of esters is 1. The minimum Gasteiger partial charge on any atom is -0.460 e. The van der Waals surface area contributed by atoms with Crippen LogP contribution in [0.15, 0.2) is 0 Å². The Bertz CT molecular complexity index is 858. The van der Waals surface area contributed by atoms with Crippen LogP contribution in [0.3, 0.4) is 0 Å². The molecule has 0 spiro atoms. The van der Waals surface area contributed by atoms with Gasteiger partial charge in [-0.15, -0.1) is 0 Å². The van der Waals surface area contributed by atoms with Gasteiger partial charge in [0.15, 0.2) is 0 Å². The average molecular weight is 616 g/mol. The van der Waals surface area contributed by atoms with Gasteiger partial charge in [-0.2, -0.15) is 0 Å². The molecule has 2 saturated heterocycles. The summed E-state index contributed by atoms with van der Waals surface area (Å²) < 4.78 is 14.1. The van der Waals surface area contributed by atoms with Crippen LogP contribution in [-0.4, -0.2) is 82.8 Å². The number of carbonyl (C=O) groups excluding carboxylic acids is 4. The molecule has 224 valence electrons. The zero-order chi connectivity index (χ0) is 29.4. The van der Waals surface area contributed by atoms with Gasteiger partial charge in [0.2, 0.25) is 9.70 Å². The van der Waals surface area contributed by atoms with Crippen LogP contribution in [0.2, 0.25) is 0 Å². The molecule has 3 atom stereocenters. The van der Waals surface area contributed by atoms with Crippen molar-refractivity contribution in [3.05, 3.63) is 0 Å². The highest BCUT2D eigenvalue weighted by atomic mass is 35.6. The number of hydrogen-bond acceptors (Lipinski definition) is 8. The number of alkyl halides is 3. The summed E-state index contributed by atoms with van der Waals surface area (Å²) in [6, 6.07) is -2.64. The van der Waals surface area contributed by atoms with Gasteiger partial charge in [0.25, 0.3) is 5.91 Å². The van der Waals surface area contributed by atoms with Crippen LogP contribution < -0.4 is 16.1 Å². The summed E-state index contributed by atoms with van der Waals surface area (Å²) in [5.41, 5.74) is 2.17. The normalized spacial score (nSPS) is 20.6. The highest BCUT2D eigenvalue weighted by molar-refractivity contribution is 6.67. The Labute approximate surface area is 245 Å². The highest BCUT2D eigenvalue weighted by Crippen LogP contribution is 2.26. The third kappa shape index (κ3) is 12.3. The maximum atomic E-state index is 13.7. The molecule has 2 fully saturated rings. The summed E-state index contributed by atoms with van der Waals surface area (Å²) in [6.45, 7) is 9.82. The van der Waals surface area contributed by atoms with Crippen molar-refractivity contribution in [2.24, 2.45) is 11.8 Å². The summed E-state index contributed by atoms with van der Waals surface area (Å²) in [5.74, 6) is -1.67. The zero-order valence-electron chi connectivity index (χ0n) is 23.2. The lowest BCUT2D eigenvalue weighted by molar-refractivity contribution is -0.153. The summed E-state index contributed by atoms with van der Waals surface area (Å²) in [4.78, 5) is 52.0. The quantitative estimate of drug-likeness (QED) is 0.266. The van der Waals surface area contributed by atoms with Gasteiger partial charge in [0.1, 0.15) is 30.3 Å². The van der Waals surface area contributed by atoms with Crippen LogP contribution in [0.4, 0.5) is 4.79 Å². The number of halogens is 3. The lowest BCUT2D eigenvalue weighted by Crippen LogP contribution is -2.62. The van der Waals surface area contributed by atoms with Gasteiger partial charge in [-0.25, -0.2) is 10.2 Å². The van der Waals surface area contributed by atoms with E-state index in [1.165, 1.54) is 5.01 Å². The number of rotatable bonds is 9. The van der Waals surface area contributed by atoms with Crippen molar-refractivity contribution in [2.45, 2.75) is 94.2 Å². The minimum absolute atomic E-state index is 0.152. The molecule has 3 N–H and O–H groups in total. The van der Waals surface area contributed by atoms with Crippen molar-refractivity contribution < 1.29 is 33.4 Å². The molecule has 11 nitrogen and oxygen atoms in total. The Morgan fingerprint density at radius 1 is 1.05 bits per heavy atom. The lowest BCUT2D eigenvalue weighted by atomic mass is 9.91. The summed E-state index contributed by atoms with van der Waals surface area (Å²) in [6.07, 6.45) is 2.11. The Hall–Kier alpha value is -1.53. The van der Waals surface area contributed by atoms with Gasteiger partial charge in [0, 0.05) is 19.8 Å². The number of ether oxygens (including phenoxy) is 3. The van der Waals surface area contributed by atoms with Gasteiger partial charge in [-0.3, -0.25) is 19.4 Å². The molecule has 3 amide bonds. The summed E-state index contributed by atoms with van der Waals surface area (Å²) >= 11 is 17.0. The van der Waals surface area contributed by atoms with Crippen molar-refractivity contribution in [1.82, 2.24) is 21.1 Å². The van der Waals surface area contributed by atoms with Crippen molar-refractivity contribution in [2.75, 3.05) is 26.4 Å². The molecule has 0 bridgehead atoms. The Kier molecular flexibility index (Phi) is 12.9. The molecule has 14 heteroatoms. The average Bonchev–Trinajstić information content (AvgIpc) is 2.84. The van der Waals surface area contributed by atoms with E-state index in [1.807, 2.05) is 0 Å². The van der Waals surface area contributed by atoms with E-state index in [0.717, 1.165) is 12.8 Å². The van der Waals surface area contributed by atoms with Crippen LogP contribution in [0, 0.1) is 11.8 Å². The second kappa shape index (κ2) is 14.9. The molecule has 1 unspecified atom stereocenters. The van der Waals surface area contributed by atoms with Crippen LogP contribution >= 0.6 is 34.8 Å². The second-order valence-corrected chi connectivity index (χ2v) is 13.8. The van der Waals surface area contributed by atoms with Crippen molar-refractivity contribution in [3.8, 4) is 0 Å². The summed E-state index contributed by atoms with van der Waals surface area (Å²) in [5, 5.41) is 6.81. The molecule has 0 aromatic carbocycles. The van der Waals surface area contributed by atoms with Crippen molar-refractivity contribution >= 4 is 58.7 Å². The Morgan fingerprint density at radius 3 is 2.26 bits per heavy atom. The fraction of sp³-hybridized carbons (Fsp3) is 0.840. The fourth-order valence-corrected chi connectivity index (χ4v) is 4.49. The van der Waals surface area contributed by atoms with Gasteiger partial charge < -0.3 is 24.8 Å². The van der Waals surface area contributed by atoms with Crippen LogP contribution in [0.1, 0.15) is 66.7 Å². The fourth-order valence-electron chi connectivity index (χ4n) is 4.32. The molecule has 39 heavy (non-hydrogen) atoms. The number of amides is 3. The SMILES string of the molecule is CC(C)[C@H](NC(=O)OC(C)(C)C)C(=O)NC(CC1CCOCC1)C(=O)N1CCC[C@@H](C(=O)OCC(Cl)(Cl)Cl)N1. The van der Waals surface area contributed by atoms with Crippen LogP contribution in [0.25, 0.3) is 0 Å². The standard InChI is InChI=1S/C25H41Cl3N4O7/c1-15(2)19(30-23(36)39-24(3,4)5)20(33)29-18(13-16-8-11-37-12-9-16)21(34)32-10-6-7-17(31-32)22(35)38-14-25(26,27)28/h15-19,31H,6-14H2,1-5H3,(H,29,33)(H,30,36)/t17-,18?,19-/m0/s1. The third-order valence-electron chi connectivity index (χ3n) is 6.26. The first kappa shape index (κ1) is 33.7. The monoisotopic (exact) mass is 614 g/mol. The first-order valence-corrected chi connectivity index (χ1v) is 14.4. The van der Waals surface area contributed by atoms with E-state index in [2.05, 4.69) is 16.1 Å². The van der Waals surface area contributed by atoms with Gasteiger partial charge in [-0.05, 0) is 64.7 Å². The highest BCUT2D eigenvalue weighted by Gasteiger charge is 2.37. The molecule has 0 aromatic rings. The zero-order valence-corrected chi connectivity index (χ0v) is 25.5. The molecular weight excluding hydrogens is 575 g/mol. The van der Waals surface area contributed by atoms with Gasteiger partial charge in [0.05, 0.1) is 0 Å². The molecule has 2 aliphatic heterocycles. The predicted molar refractivity (Wildman–Crippen MR) is 147 cm³/mol. The third-order valence-corrected chi connectivity index (χ3v) is 6.59. The number of nitrogens with one attached hydrogen (secondary N) is 3. The summed E-state index contributed by atoms with van der Waals surface area (Å²) in [7, 11) is 0. The number of hydrazine groups is 1. The molecule has 2 aliphatic rings. The minimum atomic E-state index is -1.75. The maximum Gasteiger partial charge on any atom is 0.408 e. The second-order valence-electron chi connectivity index (χ2n) is 11.3. The lowest BCUT2D eigenvalue weighted by Gasteiger charge is -2.36. The van der Waals surface area contributed by atoms with E-state index in [9.17, 15) is 19.2 Å². The number of nitrogens with zero attached hydrogens (tertiary/aromatic N) is 1. The molecule has 2 heterocycles. The van der Waals surface area contributed by atoms with E-state index in [1.54, 1.807) is 34.6 Å². The first-order valence-electron chi connectivity index (χ1n) is 13.2. The van der Waals surface area contributed by atoms with Crippen molar-refractivity contribution in [1.29, 1.82) is 0 Å². The molecule has 0 radical (unpaired) electrons. The van der Waals surface area contributed by atoms with Gasteiger partial charge in [-0.1, -0.05) is 48.7 Å². The van der Waals surface area contributed by atoms with Gasteiger partial charge >= 0.3 is 12.1 Å². The van der Waals surface area contributed by atoms with Crippen LogP contribution in [-0.2, 0) is 28.6 Å². The van der Waals surface area contributed by atoms with E-state index in [4.69, 9.17) is 49.0 Å². The van der Waals surface area contributed by atoms with Crippen molar-refractivity contribution in [3.63, 3.8) is 0 Å². The predicted octanol–water partition coefficient (Wildman–Crippen LogP) is 3.25. The molecule has 0 aromatic heterocycles. The van der Waals surface area contributed by atoms with Crippen LogP contribution in [0.5, 0.6) is 0 Å². The Morgan fingerprint density at radius 2 is 1.69 bits per heavy atom. The van der Waals surface area contributed by atoms with E-state index in [0.29, 0.717) is 39.0 Å². The largest absolute Gasteiger partial charge is 0.460 e. The maximum absolute atomic E-state index is 13.7. The van der Waals surface area contributed by atoms with E-state index >= 15 is 0 Å². The number of alkyl carbamates (subject to hydrolysis) is 1. The van der Waals surface area contributed by atoms with E-state index in [-0.39, 0.29) is 11.8 Å². The number of carbonyl (C=O) groups is 4. The number of hydrogen-bond donors (Lipinski definition) is 3. The molecular formula is C25H41Cl3N4O7. The molecule has 2 rings (SSSR count). The van der Waals surface area contributed by atoms with E-state index < -0.39 is 58.0 Å². The first-order chi connectivity index (χ1) is 18.1. The topological polar surface area (TPSA) is 135 Å². The smallest absolute Gasteiger partial charge is 0.408 e.